The molecule has 1 heterocycles. The van der Waals surface area contributed by atoms with Gasteiger partial charge in [-0.3, -0.25) is 4.55 Å². The number of para-hydroxylation sites is 2. The van der Waals surface area contributed by atoms with Gasteiger partial charge in [-0.25, -0.2) is 0 Å². The highest BCUT2D eigenvalue weighted by Gasteiger charge is 2.58. The van der Waals surface area contributed by atoms with Crippen LogP contribution in [0.1, 0.15) is 119 Å². The molecule has 26 heteroatoms. The quantitative estimate of drug-likeness (QED) is 0.0846. The summed E-state index contributed by atoms with van der Waals surface area (Å²) < 4.78 is 168. The molecule has 1 aromatic rings. The second-order valence-electron chi connectivity index (χ2n) is 14.1. The molecule has 1 aromatic carbocycles. The average molecular weight is 942 g/mol. The Kier molecular flexibility index (Phi) is 22.2. The van der Waals surface area contributed by atoms with Gasteiger partial charge in [-0.2, -0.15) is 50.5 Å². The number of unbranched alkanes of at least 4 members (excludes halogenated alkanes) is 6. The maximum atomic E-state index is 12.1. The molecular formula is C30H56NO18PS6. The second kappa shape index (κ2) is 23.5. The minimum Gasteiger partial charge on any atom is -0.357 e. The Bertz CT molecular complexity index is 1890. The third kappa shape index (κ3) is 22.2. The van der Waals surface area contributed by atoms with Crippen LogP contribution in [-0.2, 0) is 71.3 Å². The van der Waals surface area contributed by atoms with Gasteiger partial charge in [0.05, 0.1) is 0 Å². The molecule has 0 aliphatic carbocycles. The predicted octanol–water partition coefficient (Wildman–Crippen LogP) is 5.95. The fraction of sp³-hybridized carbons (Fsp3) is 0.800. The van der Waals surface area contributed by atoms with Crippen LogP contribution in [0.2, 0.25) is 0 Å². The van der Waals surface area contributed by atoms with Crippen molar-refractivity contribution < 1.29 is 74.3 Å². The molecule has 56 heavy (non-hydrogen) atoms. The van der Waals surface area contributed by atoms with Gasteiger partial charge >= 0.3 is 65.9 Å². The summed E-state index contributed by atoms with van der Waals surface area (Å²) in [4.78, 5) is 2.78. The molecule has 19 nitrogen and oxygen atoms in total. The minimum absolute atomic E-state index is 0.672. The Morgan fingerprint density at radius 2 is 0.911 bits per heavy atom. The van der Waals surface area contributed by atoms with Gasteiger partial charge in [-0.15, -0.1) is 10.9 Å². The van der Waals surface area contributed by atoms with E-state index in [1.807, 2.05) is 0 Å². The van der Waals surface area contributed by atoms with E-state index in [0.29, 0.717) is 12.1 Å². The molecule has 0 aromatic heterocycles. The minimum atomic E-state index is -6.64. The molecule has 0 saturated heterocycles. The maximum absolute atomic E-state index is 12.1. The van der Waals surface area contributed by atoms with E-state index in [1.54, 1.807) is 0 Å². The van der Waals surface area contributed by atoms with E-state index < -0.39 is 77.4 Å². The summed E-state index contributed by atoms with van der Waals surface area (Å²) in [5.41, 5.74) is -5.45. The smallest absolute Gasteiger partial charge is 0.357 e. The van der Waals surface area contributed by atoms with Crippen LogP contribution in [0.4, 0.5) is 0 Å². The SMILES string of the molecule is CC(C)CCCCCN(CCCCCC(C)C)CCCCCC(C)C.O=S(=O)(O)OS(=O)(=O)P1S(=O)(=O)OS(=O)(=O)Oc2ccccc2OS(=O)(=O)OS1(=O)=O. The molecule has 0 radical (unpaired) electrons. The topological polar surface area (TPSA) is 274 Å². The highest BCUT2D eigenvalue weighted by atomic mass is 33.4. The summed E-state index contributed by atoms with van der Waals surface area (Å²) in [6, 6.07) is 3.36. The monoisotopic (exact) mass is 941 g/mol. The Morgan fingerprint density at radius 1 is 0.589 bits per heavy atom. The normalized spacial score (nSPS) is 18.3. The van der Waals surface area contributed by atoms with Gasteiger partial charge in [0.25, 0.3) is 0 Å². The Hall–Kier alpha value is -1.25. The summed E-state index contributed by atoms with van der Waals surface area (Å²) in [6.45, 7) is 18.1. The first kappa shape index (κ1) is 52.8. The van der Waals surface area contributed by atoms with E-state index in [0.717, 1.165) is 29.9 Å². The first-order valence-electron chi connectivity index (χ1n) is 17.9. The van der Waals surface area contributed by atoms with Crippen LogP contribution in [-0.4, -0.2) is 79.6 Å². The third-order valence-corrected chi connectivity index (χ3v) is 28.3. The molecule has 0 saturated carbocycles. The van der Waals surface area contributed by atoms with Crippen molar-refractivity contribution in [2.75, 3.05) is 19.6 Å². The molecule has 0 spiro atoms. The number of hydrogen-bond acceptors (Lipinski definition) is 18. The van der Waals surface area contributed by atoms with Crippen molar-refractivity contribution in [1.82, 2.24) is 4.90 Å². The molecule has 0 unspecified atom stereocenters. The second-order valence-corrected chi connectivity index (χ2v) is 31.0. The van der Waals surface area contributed by atoms with Crippen LogP contribution in [0.3, 0.4) is 0 Å². The molecule has 0 bridgehead atoms. The van der Waals surface area contributed by atoms with Gasteiger partial charge < -0.3 is 13.3 Å². The largest absolute Gasteiger partial charge is 0.464 e. The van der Waals surface area contributed by atoms with Crippen molar-refractivity contribution in [3.63, 3.8) is 0 Å². The van der Waals surface area contributed by atoms with Crippen molar-refractivity contribution in [3.8, 4) is 11.5 Å². The van der Waals surface area contributed by atoms with Crippen molar-refractivity contribution in [1.29, 1.82) is 0 Å². The van der Waals surface area contributed by atoms with E-state index in [2.05, 4.69) is 65.7 Å². The van der Waals surface area contributed by atoms with Crippen LogP contribution in [0.25, 0.3) is 0 Å². The van der Waals surface area contributed by atoms with Crippen molar-refractivity contribution >= 4 is 65.9 Å². The van der Waals surface area contributed by atoms with Gasteiger partial charge in [0, 0.05) is 0 Å². The Morgan fingerprint density at radius 3 is 1.20 bits per heavy atom. The summed E-state index contributed by atoms with van der Waals surface area (Å²) >= 11 is 0. The highest BCUT2D eigenvalue weighted by Crippen LogP contribution is 2.59. The van der Waals surface area contributed by atoms with E-state index >= 15 is 0 Å². The summed E-state index contributed by atoms with van der Waals surface area (Å²) in [5, 5.41) is 0. The standard InChI is InChI=1S/C24H51N.C6H5O18PS6/c1-22(2)16-10-7-13-19-25(20-14-8-11-17-23(3)4)21-15-9-12-18-24(5)6;7-26(8,9)22-29(14,15)25-30(16,17)23-27(10,11)20-5-3-1-2-4-6(5)21-28(12,13)24-31(25,18)19/h22-24H,7-21H2,1-6H3;1-4H,(H,7,8,9). The van der Waals surface area contributed by atoms with Crippen LogP contribution in [0.15, 0.2) is 24.3 Å². The highest BCUT2D eigenvalue weighted by molar-refractivity contribution is 9.04. The number of benzene rings is 1. The molecule has 2 rings (SSSR count). The van der Waals surface area contributed by atoms with E-state index in [9.17, 15) is 50.5 Å². The number of nitrogens with zero attached hydrogens (tertiary/aromatic N) is 1. The molecular weight excluding hydrogens is 886 g/mol. The number of fused-ring (bicyclic) bond motifs is 1. The van der Waals surface area contributed by atoms with Crippen LogP contribution in [0.5, 0.6) is 11.5 Å². The van der Waals surface area contributed by atoms with Gasteiger partial charge in [0.1, 0.15) is 0 Å². The van der Waals surface area contributed by atoms with Crippen molar-refractivity contribution in [2.24, 2.45) is 17.8 Å². The first-order valence-corrected chi connectivity index (χ1v) is 29.4. The zero-order chi connectivity index (χ0) is 43.0. The fourth-order valence-corrected chi connectivity index (χ4v) is 25.3. The number of rotatable bonds is 21. The van der Waals surface area contributed by atoms with Crippen molar-refractivity contribution in [3.05, 3.63) is 24.3 Å². The zero-order valence-electron chi connectivity index (χ0n) is 32.4. The molecule has 1 aliphatic heterocycles. The molecule has 0 amide bonds. The van der Waals surface area contributed by atoms with Crippen molar-refractivity contribution in [2.45, 2.75) is 119 Å². The summed E-state index contributed by atoms with van der Waals surface area (Å²) in [5.74, 6) is 0.435. The molecule has 330 valence electrons. The molecule has 1 aliphatic rings. The van der Waals surface area contributed by atoms with E-state index in [1.165, 1.54) is 96.7 Å². The fourth-order valence-electron chi connectivity index (χ4n) is 5.09. The average Bonchev–Trinajstić information content (AvgIpc) is 2.97. The van der Waals surface area contributed by atoms with Gasteiger partial charge in [0.2, 0.25) is 0 Å². The lowest BCUT2D eigenvalue weighted by atomic mass is 10.0. The number of hydrogen-bond donors (Lipinski definition) is 1. The van der Waals surface area contributed by atoms with Gasteiger partial charge in [-0.05, 0) is 68.8 Å². The lowest BCUT2D eigenvalue weighted by Crippen LogP contribution is -2.27. The zero-order valence-corrected chi connectivity index (χ0v) is 38.2. The first-order chi connectivity index (χ1) is 25.6. The van der Waals surface area contributed by atoms with Gasteiger partial charge in [0.15, 0.2) is 11.5 Å². The Labute approximate surface area is 335 Å². The van der Waals surface area contributed by atoms with Crippen LogP contribution < -0.4 is 8.37 Å². The lowest BCUT2D eigenvalue weighted by Gasteiger charge is -2.22. The molecule has 0 atom stereocenters. The maximum Gasteiger partial charge on any atom is 0.464 e. The van der Waals surface area contributed by atoms with Crippen LogP contribution in [0, 0.1) is 17.8 Å². The predicted molar refractivity (Wildman–Crippen MR) is 210 cm³/mol. The van der Waals surface area contributed by atoms with E-state index in [-0.39, 0.29) is 0 Å². The van der Waals surface area contributed by atoms with Gasteiger partial charge in [-0.1, -0.05) is 111 Å². The molecule has 0 fully saturated rings. The third-order valence-electron chi connectivity index (χ3n) is 7.56. The lowest BCUT2D eigenvalue weighted by molar-refractivity contribution is 0.252. The Balaban J connectivity index is 0.000000575. The van der Waals surface area contributed by atoms with E-state index in [4.69, 9.17) is 4.55 Å². The molecule has 1 N–H and O–H groups in total. The summed E-state index contributed by atoms with van der Waals surface area (Å²) in [7, 11) is -37.9. The summed E-state index contributed by atoms with van der Waals surface area (Å²) in [6.07, 6.45) is 17.0. The van der Waals surface area contributed by atoms with Crippen LogP contribution >= 0.6 is 5.53 Å².